The molecule has 2 saturated heterocycles. The molecule has 0 aliphatic carbocycles. The van der Waals surface area contributed by atoms with Crippen LogP contribution in [0, 0.1) is 11.2 Å². The molecule has 0 saturated carbocycles. The van der Waals surface area contributed by atoms with E-state index in [1.54, 1.807) is 4.90 Å². The Labute approximate surface area is 128 Å². The molecule has 1 aromatic carbocycles. The van der Waals surface area contributed by atoms with Crippen molar-refractivity contribution in [2.75, 3.05) is 31.5 Å². The number of nitrogens with zero attached hydrogens (tertiary/aromatic N) is 1. The summed E-state index contributed by atoms with van der Waals surface area (Å²) in [6, 6.07) is 3.91. The van der Waals surface area contributed by atoms with Gasteiger partial charge in [0.1, 0.15) is 5.82 Å². The van der Waals surface area contributed by atoms with Gasteiger partial charge in [-0.1, -0.05) is 11.6 Å². The Morgan fingerprint density at radius 1 is 1.43 bits per heavy atom. The third-order valence-corrected chi connectivity index (χ3v) is 4.69. The Kier molecular flexibility index (Phi) is 4.04. The highest BCUT2D eigenvalue weighted by Gasteiger charge is 2.39. The zero-order valence-corrected chi connectivity index (χ0v) is 12.5. The van der Waals surface area contributed by atoms with Gasteiger partial charge in [0.25, 0.3) is 0 Å². The first-order chi connectivity index (χ1) is 10.1. The number of amides is 2. The first kappa shape index (κ1) is 14.6. The molecule has 1 unspecified atom stereocenters. The van der Waals surface area contributed by atoms with Gasteiger partial charge in [-0.2, -0.15) is 0 Å². The van der Waals surface area contributed by atoms with Crippen molar-refractivity contribution in [2.45, 2.75) is 19.3 Å². The topological polar surface area (TPSA) is 44.4 Å². The van der Waals surface area contributed by atoms with Gasteiger partial charge in [-0.25, -0.2) is 9.18 Å². The Bertz CT molecular complexity index is 546. The monoisotopic (exact) mass is 311 g/mol. The molecule has 0 bridgehead atoms. The fraction of sp³-hybridized carbons (Fsp3) is 0.533. The first-order valence-electron chi connectivity index (χ1n) is 7.30. The highest BCUT2D eigenvalue weighted by Crippen LogP contribution is 2.35. The van der Waals surface area contributed by atoms with Gasteiger partial charge in [-0.05, 0) is 44.0 Å². The zero-order chi connectivity index (χ0) is 14.9. The lowest BCUT2D eigenvalue weighted by Gasteiger charge is -2.39. The number of hydrogen-bond acceptors (Lipinski definition) is 2. The fourth-order valence-corrected chi connectivity index (χ4v) is 3.48. The maximum Gasteiger partial charge on any atom is 0.321 e. The summed E-state index contributed by atoms with van der Waals surface area (Å²) in [6.45, 7) is 3.42. The van der Waals surface area contributed by atoms with Crippen LogP contribution in [0.5, 0.6) is 0 Å². The molecule has 4 nitrogen and oxygen atoms in total. The molecule has 2 aliphatic heterocycles. The Morgan fingerprint density at radius 3 is 3.05 bits per heavy atom. The molecule has 2 N–H and O–H groups in total. The summed E-state index contributed by atoms with van der Waals surface area (Å²) >= 11 is 5.84. The van der Waals surface area contributed by atoms with Crippen LogP contribution >= 0.6 is 11.6 Å². The van der Waals surface area contributed by atoms with Gasteiger partial charge >= 0.3 is 6.03 Å². The minimum atomic E-state index is -0.470. The summed E-state index contributed by atoms with van der Waals surface area (Å²) in [5.41, 5.74) is 0.333. The molecular weight excluding hydrogens is 293 g/mol. The van der Waals surface area contributed by atoms with Crippen molar-refractivity contribution in [1.29, 1.82) is 0 Å². The Hall–Kier alpha value is -1.33. The summed E-state index contributed by atoms with van der Waals surface area (Å²) < 4.78 is 13.7. The molecule has 2 aliphatic rings. The van der Waals surface area contributed by atoms with E-state index in [-0.39, 0.29) is 17.1 Å². The van der Waals surface area contributed by atoms with Crippen LogP contribution in [-0.2, 0) is 0 Å². The number of nitrogens with one attached hydrogen (secondary N) is 2. The number of benzene rings is 1. The van der Waals surface area contributed by atoms with Gasteiger partial charge in [-0.15, -0.1) is 0 Å². The maximum atomic E-state index is 13.7. The van der Waals surface area contributed by atoms with E-state index in [0.29, 0.717) is 5.02 Å². The lowest BCUT2D eigenvalue weighted by Crippen LogP contribution is -2.48. The number of anilines is 1. The number of halogens is 2. The lowest BCUT2D eigenvalue weighted by molar-refractivity contribution is 0.125. The summed E-state index contributed by atoms with van der Waals surface area (Å²) in [7, 11) is 0. The fourth-order valence-electron chi connectivity index (χ4n) is 3.31. The van der Waals surface area contributed by atoms with E-state index in [4.69, 9.17) is 11.6 Å². The van der Waals surface area contributed by atoms with Crippen LogP contribution in [0.25, 0.3) is 0 Å². The maximum absolute atomic E-state index is 13.7. The lowest BCUT2D eigenvalue weighted by atomic mass is 9.79. The van der Waals surface area contributed by atoms with E-state index in [1.807, 2.05) is 0 Å². The summed E-state index contributed by atoms with van der Waals surface area (Å²) in [4.78, 5) is 14.1. The third kappa shape index (κ3) is 3.14. The number of urea groups is 1. The molecule has 6 heteroatoms. The predicted octanol–water partition coefficient (Wildman–Crippen LogP) is 3.09. The van der Waals surface area contributed by atoms with Crippen molar-refractivity contribution < 1.29 is 9.18 Å². The summed E-state index contributed by atoms with van der Waals surface area (Å²) in [5.74, 6) is -0.470. The molecule has 3 rings (SSSR count). The summed E-state index contributed by atoms with van der Waals surface area (Å²) in [6.07, 6.45) is 3.24. The highest BCUT2D eigenvalue weighted by atomic mass is 35.5. The quantitative estimate of drug-likeness (QED) is 0.837. The zero-order valence-electron chi connectivity index (χ0n) is 11.8. The van der Waals surface area contributed by atoms with Crippen molar-refractivity contribution in [3.8, 4) is 0 Å². The van der Waals surface area contributed by atoms with Gasteiger partial charge < -0.3 is 15.5 Å². The van der Waals surface area contributed by atoms with E-state index in [0.717, 1.165) is 45.4 Å². The van der Waals surface area contributed by atoms with Crippen LogP contribution in [0.15, 0.2) is 18.2 Å². The standard InChI is InChI=1S/C15H19ClFN3O/c16-11-2-3-12(17)13(8-11)19-14(21)20-7-1-4-15(10-20)5-6-18-9-15/h2-3,8,18H,1,4-7,9-10H2,(H,19,21). The number of carbonyl (C=O) groups excluding carboxylic acids is 1. The second kappa shape index (κ2) is 5.81. The van der Waals surface area contributed by atoms with Gasteiger partial charge in [0.05, 0.1) is 5.69 Å². The molecule has 21 heavy (non-hydrogen) atoms. The van der Waals surface area contributed by atoms with Crippen molar-refractivity contribution in [1.82, 2.24) is 10.2 Å². The average Bonchev–Trinajstić information content (AvgIpc) is 2.91. The second-order valence-corrected chi connectivity index (χ2v) is 6.44. The minimum Gasteiger partial charge on any atom is -0.324 e. The molecule has 1 atom stereocenters. The van der Waals surface area contributed by atoms with Crippen molar-refractivity contribution in [3.63, 3.8) is 0 Å². The van der Waals surface area contributed by atoms with Crippen molar-refractivity contribution in [3.05, 3.63) is 29.0 Å². The normalized spacial score (nSPS) is 25.3. The van der Waals surface area contributed by atoms with Crippen LogP contribution in [0.3, 0.4) is 0 Å². The van der Waals surface area contributed by atoms with Crippen LogP contribution in [0.4, 0.5) is 14.9 Å². The highest BCUT2D eigenvalue weighted by molar-refractivity contribution is 6.30. The van der Waals surface area contributed by atoms with Crippen LogP contribution < -0.4 is 10.6 Å². The molecule has 2 heterocycles. The summed E-state index contributed by atoms with van der Waals surface area (Å²) in [5, 5.41) is 6.41. The molecule has 1 aromatic rings. The predicted molar refractivity (Wildman–Crippen MR) is 81.2 cm³/mol. The molecule has 0 aromatic heterocycles. The van der Waals surface area contributed by atoms with E-state index in [9.17, 15) is 9.18 Å². The largest absolute Gasteiger partial charge is 0.324 e. The van der Waals surface area contributed by atoms with E-state index >= 15 is 0 Å². The minimum absolute atomic E-state index is 0.136. The van der Waals surface area contributed by atoms with Crippen molar-refractivity contribution >= 4 is 23.3 Å². The van der Waals surface area contributed by atoms with Gasteiger partial charge in [0.15, 0.2) is 0 Å². The van der Waals surface area contributed by atoms with E-state index in [2.05, 4.69) is 10.6 Å². The second-order valence-electron chi connectivity index (χ2n) is 6.01. The van der Waals surface area contributed by atoms with Crippen molar-refractivity contribution in [2.24, 2.45) is 5.41 Å². The van der Waals surface area contributed by atoms with E-state index < -0.39 is 5.82 Å². The van der Waals surface area contributed by atoms with E-state index in [1.165, 1.54) is 18.2 Å². The molecular formula is C15H19ClFN3O. The first-order valence-corrected chi connectivity index (χ1v) is 7.68. The molecule has 2 amide bonds. The smallest absolute Gasteiger partial charge is 0.321 e. The van der Waals surface area contributed by atoms with Gasteiger partial charge in [-0.3, -0.25) is 0 Å². The molecule has 114 valence electrons. The molecule has 2 fully saturated rings. The number of likely N-dealkylation sites (tertiary alicyclic amines) is 1. The number of carbonyl (C=O) groups is 1. The number of hydrogen-bond donors (Lipinski definition) is 2. The number of rotatable bonds is 1. The van der Waals surface area contributed by atoms with Crippen LogP contribution in [0.2, 0.25) is 5.02 Å². The third-order valence-electron chi connectivity index (χ3n) is 4.45. The Balaban J connectivity index is 1.68. The SMILES string of the molecule is O=C(Nc1cc(Cl)ccc1F)N1CCCC2(CCNC2)C1. The molecule has 1 spiro atoms. The Morgan fingerprint density at radius 2 is 2.29 bits per heavy atom. The van der Waals surface area contributed by atoms with Gasteiger partial charge in [0, 0.05) is 30.1 Å². The molecule has 0 radical (unpaired) electrons. The number of piperidine rings is 1. The van der Waals surface area contributed by atoms with Crippen LogP contribution in [-0.4, -0.2) is 37.1 Å². The average molecular weight is 312 g/mol. The van der Waals surface area contributed by atoms with Crippen LogP contribution in [0.1, 0.15) is 19.3 Å². The van der Waals surface area contributed by atoms with Gasteiger partial charge in [0.2, 0.25) is 0 Å².